The molecular formula is C20H23FN2O. The molecule has 1 amide bonds. The minimum absolute atomic E-state index is 0.0783. The summed E-state index contributed by atoms with van der Waals surface area (Å²) in [5, 5.41) is 5.14. The van der Waals surface area contributed by atoms with Crippen molar-refractivity contribution < 1.29 is 9.18 Å². The van der Waals surface area contributed by atoms with Crippen LogP contribution in [0.1, 0.15) is 38.2 Å². The van der Waals surface area contributed by atoms with E-state index in [1.54, 1.807) is 13.0 Å². The van der Waals surface area contributed by atoms with Gasteiger partial charge in [-0.15, -0.1) is 0 Å². The Kier molecular flexibility index (Phi) is 4.01. The molecule has 0 radical (unpaired) electrons. The van der Waals surface area contributed by atoms with Crippen LogP contribution in [0.25, 0.3) is 10.8 Å². The maximum absolute atomic E-state index is 13.3. The van der Waals surface area contributed by atoms with Crippen molar-refractivity contribution in [3.8, 4) is 0 Å². The molecule has 2 atom stereocenters. The second-order valence-electron chi connectivity index (χ2n) is 7.25. The molecule has 24 heavy (non-hydrogen) atoms. The molecule has 0 spiro atoms. The summed E-state index contributed by atoms with van der Waals surface area (Å²) in [6.07, 6.45) is 4.54. The number of piperidine rings is 1. The van der Waals surface area contributed by atoms with Crippen LogP contribution in [0.15, 0.2) is 36.4 Å². The Balaban J connectivity index is 1.50. The fraction of sp³-hybridized carbons (Fsp3) is 0.450. The van der Waals surface area contributed by atoms with Crippen LogP contribution in [0.4, 0.5) is 4.39 Å². The predicted octanol–water partition coefficient (Wildman–Crippen LogP) is 3.61. The molecule has 2 aromatic carbocycles. The van der Waals surface area contributed by atoms with Crippen LogP contribution in [0.5, 0.6) is 0 Å². The van der Waals surface area contributed by atoms with Crippen LogP contribution < -0.4 is 5.32 Å². The van der Waals surface area contributed by atoms with E-state index in [4.69, 9.17) is 0 Å². The number of hydrogen-bond donors (Lipinski definition) is 1. The second kappa shape index (κ2) is 6.17. The van der Waals surface area contributed by atoms with Crippen molar-refractivity contribution in [1.82, 2.24) is 10.2 Å². The molecule has 1 N–H and O–H groups in total. The molecule has 2 heterocycles. The van der Waals surface area contributed by atoms with Crippen molar-refractivity contribution >= 4 is 16.7 Å². The first kappa shape index (κ1) is 15.6. The number of fused-ring (bicyclic) bond motifs is 3. The quantitative estimate of drug-likeness (QED) is 0.934. The number of amides is 1. The van der Waals surface area contributed by atoms with E-state index in [0.29, 0.717) is 18.1 Å². The van der Waals surface area contributed by atoms with Crippen molar-refractivity contribution in [2.75, 3.05) is 0 Å². The highest BCUT2D eigenvalue weighted by Gasteiger charge is 2.40. The number of carbonyl (C=O) groups is 1. The van der Waals surface area contributed by atoms with E-state index < -0.39 is 0 Å². The lowest BCUT2D eigenvalue weighted by Gasteiger charge is -2.39. The minimum Gasteiger partial charge on any atom is -0.353 e. The molecule has 4 rings (SSSR count). The number of nitrogens with one attached hydrogen (secondary N) is 1. The number of nitrogens with zero attached hydrogens (tertiary/aromatic N) is 1. The van der Waals surface area contributed by atoms with Gasteiger partial charge in [-0.25, -0.2) is 4.39 Å². The van der Waals surface area contributed by atoms with Crippen LogP contribution in [0, 0.1) is 5.82 Å². The summed E-state index contributed by atoms with van der Waals surface area (Å²) in [7, 11) is 0. The number of halogens is 1. The Morgan fingerprint density at radius 3 is 2.50 bits per heavy atom. The van der Waals surface area contributed by atoms with Gasteiger partial charge in [0.1, 0.15) is 5.82 Å². The Hall–Kier alpha value is -1.94. The first-order chi connectivity index (χ1) is 11.6. The lowest BCUT2D eigenvalue weighted by Crippen LogP contribution is -2.49. The third kappa shape index (κ3) is 3.03. The van der Waals surface area contributed by atoms with Gasteiger partial charge in [-0.05, 0) is 60.2 Å². The molecule has 2 saturated heterocycles. The zero-order valence-corrected chi connectivity index (χ0v) is 14.0. The van der Waals surface area contributed by atoms with Crippen molar-refractivity contribution in [1.29, 1.82) is 0 Å². The molecule has 2 aromatic rings. The SMILES string of the molecule is CC(=O)NC1CC2CCC(C1)N2Cc1ccc2cc(F)ccc2c1. The summed E-state index contributed by atoms with van der Waals surface area (Å²) < 4.78 is 13.3. The minimum atomic E-state index is -0.187. The van der Waals surface area contributed by atoms with E-state index >= 15 is 0 Å². The Morgan fingerprint density at radius 2 is 1.79 bits per heavy atom. The molecule has 2 bridgehead atoms. The van der Waals surface area contributed by atoms with Crippen LogP contribution >= 0.6 is 0 Å². The van der Waals surface area contributed by atoms with Crippen molar-refractivity contribution in [3.63, 3.8) is 0 Å². The molecule has 0 aromatic heterocycles. The fourth-order valence-electron chi connectivity index (χ4n) is 4.51. The topological polar surface area (TPSA) is 32.3 Å². The van der Waals surface area contributed by atoms with E-state index in [2.05, 4.69) is 22.3 Å². The Morgan fingerprint density at radius 1 is 1.12 bits per heavy atom. The van der Waals surface area contributed by atoms with E-state index in [0.717, 1.165) is 30.2 Å². The van der Waals surface area contributed by atoms with Crippen LogP contribution in [-0.2, 0) is 11.3 Å². The number of hydrogen-bond acceptors (Lipinski definition) is 2. The molecule has 0 aliphatic carbocycles. The van der Waals surface area contributed by atoms with E-state index in [9.17, 15) is 9.18 Å². The molecule has 126 valence electrons. The smallest absolute Gasteiger partial charge is 0.217 e. The normalized spacial score (nSPS) is 26.7. The van der Waals surface area contributed by atoms with Gasteiger partial charge in [0.2, 0.25) is 5.91 Å². The first-order valence-corrected chi connectivity index (χ1v) is 8.79. The average molecular weight is 326 g/mol. The van der Waals surface area contributed by atoms with Gasteiger partial charge in [0.25, 0.3) is 0 Å². The monoisotopic (exact) mass is 326 g/mol. The number of benzene rings is 2. The first-order valence-electron chi connectivity index (χ1n) is 8.79. The molecular weight excluding hydrogens is 303 g/mol. The fourth-order valence-corrected chi connectivity index (χ4v) is 4.51. The molecule has 2 aliphatic heterocycles. The highest BCUT2D eigenvalue weighted by Crippen LogP contribution is 2.37. The second-order valence-corrected chi connectivity index (χ2v) is 7.25. The maximum Gasteiger partial charge on any atom is 0.217 e. The Bertz CT molecular complexity index is 761. The summed E-state index contributed by atoms with van der Waals surface area (Å²) >= 11 is 0. The van der Waals surface area contributed by atoms with Gasteiger partial charge in [0, 0.05) is 31.6 Å². The lowest BCUT2D eigenvalue weighted by molar-refractivity contribution is -0.120. The molecule has 2 aliphatic rings. The molecule has 3 nitrogen and oxygen atoms in total. The maximum atomic E-state index is 13.3. The molecule has 2 unspecified atom stereocenters. The van der Waals surface area contributed by atoms with Crippen LogP contribution in [-0.4, -0.2) is 28.9 Å². The molecule has 4 heteroatoms. The van der Waals surface area contributed by atoms with Gasteiger partial charge in [0.15, 0.2) is 0 Å². The zero-order valence-electron chi connectivity index (χ0n) is 14.0. The van der Waals surface area contributed by atoms with Gasteiger partial charge >= 0.3 is 0 Å². The lowest BCUT2D eigenvalue weighted by atomic mass is 9.96. The third-order valence-corrected chi connectivity index (χ3v) is 5.52. The summed E-state index contributed by atoms with van der Waals surface area (Å²) in [5.74, 6) is -0.108. The van der Waals surface area contributed by atoms with Gasteiger partial charge in [-0.1, -0.05) is 18.2 Å². The van der Waals surface area contributed by atoms with Gasteiger partial charge in [-0.3, -0.25) is 9.69 Å². The van der Waals surface area contributed by atoms with Gasteiger partial charge in [-0.2, -0.15) is 0 Å². The van der Waals surface area contributed by atoms with Crippen LogP contribution in [0.2, 0.25) is 0 Å². The average Bonchev–Trinajstić information content (AvgIpc) is 2.77. The molecule has 2 fully saturated rings. The van der Waals surface area contributed by atoms with Gasteiger partial charge in [0.05, 0.1) is 0 Å². The number of carbonyl (C=O) groups excluding carboxylic acids is 1. The van der Waals surface area contributed by atoms with Crippen LogP contribution in [0.3, 0.4) is 0 Å². The van der Waals surface area contributed by atoms with E-state index in [1.807, 2.05) is 12.1 Å². The van der Waals surface area contributed by atoms with Crippen molar-refractivity contribution in [2.45, 2.75) is 57.3 Å². The summed E-state index contributed by atoms with van der Waals surface area (Å²) in [5.41, 5.74) is 1.28. The summed E-state index contributed by atoms with van der Waals surface area (Å²) in [6.45, 7) is 2.54. The van der Waals surface area contributed by atoms with Crippen molar-refractivity contribution in [2.24, 2.45) is 0 Å². The van der Waals surface area contributed by atoms with Gasteiger partial charge < -0.3 is 5.32 Å². The highest BCUT2D eigenvalue weighted by molar-refractivity contribution is 5.83. The van der Waals surface area contributed by atoms with E-state index in [-0.39, 0.29) is 11.7 Å². The third-order valence-electron chi connectivity index (χ3n) is 5.52. The predicted molar refractivity (Wildman–Crippen MR) is 93.1 cm³/mol. The summed E-state index contributed by atoms with van der Waals surface area (Å²) in [4.78, 5) is 13.9. The molecule has 0 saturated carbocycles. The van der Waals surface area contributed by atoms with Crippen molar-refractivity contribution in [3.05, 3.63) is 47.8 Å². The van der Waals surface area contributed by atoms with E-state index in [1.165, 1.54) is 24.5 Å². The Labute approximate surface area is 141 Å². The summed E-state index contributed by atoms with van der Waals surface area (Å²) in [6, 6.07) is 12.7. The zero-order chi connectivity index (χ0) is 16.7. The number of rotatable bonds is 3. The largest absolute Gasteiger partial charge is 0.353 e. The highest BCUT2D eigenvalue weighted by atomic mass is 19.1. The standard InChI is InChI=1S/C20H23FN2O/c1-13(24)22-18-10-19-6-7-20(11-18)23(19)12-14-2-3-16-9-17(21)5-4-15(16)8-14/h2-5,8-9,18-20H,6-7,10-12H2,1H3,(H,22,24).